The van der Waals surface area contributed by atoms with Crippen molar-refractivity contribution < 1.29 is 13.5 Å². The summed E-state index contributed by atoms with van der Waals surface area (Å²) in [5.74, 6) is 0.0144. The lowest BCUT2D eigenvalue weighted by Gasteiger charge is -2.29. The number of piperazine rings is 1. The number of rotatable bonds is 3. The lowest BCUT2D eigenvalue weighted by Crippen LogP contribution is -2.43. The molecular weight excluding hydrogens is 250 g/mol. The minimum atomic E-state index is -2.85. The van der Waals surface area contributed by atoms with Crippen LogP contribution in [0.2, 0.25) is 5.02 Å². The second-order valence-corrected chi connectivity index (χ2v) is 4.14. The van der Waals surface area contributed by atoms with Gasteiger partial charge < -0.3 is 15.0 Å². The van der Waals surface area contributed by atoms with E-state index in [-0.39, 0.29) is 10.8 Å². The fourth-order valence-corrected chi connectivity index (χ4v) is 2.02. The first-order chi connectivity index (χ1) is 8.16. The van der Waals surface area contributed by atoms with Gasteiger partial charge in [-0.05, 0) is 18.2 Å². The van der Waals surface area contributed by atoms with Gasteiger partial charge in [-0.25, -0.2) is 0 Å². The van der Waals surface area contributed by atoms with Crippen molar-refractivity contribution in [3.05, 3.63) is 23.2 Å². The third-order valence-electron chi connectivity index (χ3n) is 2.61. The van der Waals surface area contributed by atoms with E-state index in [1.807, 2.05) is 0 Å². The highest BCUT2D eigenvalue weighted by Crippen LogP contribution is 2.30. The first-order valence-electron chi connectivity index (χ1n) is 5.37. The largest absolute Gasteiger partial charge is 0.433 e. The highest BCUT2D eigenvalue weighted by atomic mass is 35.5. The standard InChI is InChI=1S/C11H13ClF2N2O/c12-9-7-8(16-5-3-15-4-6-16)1-2-10(9)17-11(13)14/h1-2,7,11,15H,3-6H2. The summed E-state index contributed by atoms with van der Waals surface area (Å²) in [7, 11) is 0. The van der Waals surface area contributed by atoms with E-state index in [1.54, 1.807) is 12.1 Å². The molecule has 3 nitrogen and oxygen atoms in total. The Morgan fingerprint density at radius 3 is 2.59 bits per heavy atom. The molecular formula is C11H13ClF2N2O. The Hall–Kier alpha value is -1.07. The van der Waals surface area contributed by atoms with Crippen LogP contribution in [0.15, 0.2) is 18.2 Å². The Kier molecular flexibility index (Phi) is 4.02. The summed E-state index contributed by atoms with van der Waals surface area (Å²) in [5, 5.41) is 3.45. The van der Waals surface area contributed by atoms with Crippen molar-refractivity contribution >= 4 is 17.3 Å². The van der Waals surface area contributed by atoms with Crippen LogP contribution in [0.5, 0.6) is 5.75 Å². The van der Waals surface area contributed by atoms with Gasteiger partial charge in [-0.2, -0.15) is 8.78 Å². The fraction of sp³-hybridized carbons (Fsp3) is 0.455. The van der Waals surface area contributed by atoms with Crippen molar-refractivity contribution in [2.75, 3.05) is 31.1 Å². The molecule has 1 heterocycles. The van der Waals surface area contributed by atoms with E-state index in [0.717, 1.165) is 31.9 Å². The van der Waals surface area contributed by atoms with Gasteiger partial charge in [0.1, 0.15) is 5.75 Å². The van der Waals surface area contributed by atoms with Crippen molar-refractivity contribution in [1.29, 1.82) is 0 Å². The van der Waals surface area contributed by atoms with Crippen molar-refractivity contribution in [1.82, 2.24) is 5.32 Å². The summed E-state index contributed by atoms with van der Waals surface area (Å²) in [6.07, 6.45) is 0. The van der Waals surface area contributed by atoms with E-state index < -0.39 is 6.61 Å². The summed E-state index contributed by atoms with van der Waals surface area (Å²) in [6.45, 7) is 0.730. The monoisotopic (exact) mass is 262 g/mol. The molecule has 1 aromatic rings. The van der Waals surface area contributed by atoms with Crippen LogP contribution >= 0.6 is 11.6 Å². The Morgan fingerprint density at radius 1 is 1.29 bits per heavy atom. The SMILES string of the molecule is FC(F)Oc1ccc(N2CCNCC2)cc1Cl. The van der Waals surface area contributed by atoms with Gasteiger partial charge in [0.15, 0.2) is 0 Å². The molecule has 1 saturated heterocycles. The van der Waals surface area contributed by atoms with Gasteiger partial charge in [0.05, 0.1) is 5.02 Å². The maximum Gasteiger partial charge on any atom is 0.387 e. The molecule has 0 aliphatic carbocycles. The van der Waals surface area contributed by atoms with E-state index in [2.05, 4.69) is 15.0 Å². The summed E-state index contributed by atoms with van der Waals surface area (Å²) in [5.41, 5.74) is 0.929. The molecule has 94 valence electrons. The molecule has 1 N–H and O–H groups in total. The minimum absolute atomic E-state index is 0.0144. The lowest BCUT2D eigenvalue weighted by atomic mass is 10.2. The quantitative estimate of drug-likeness (QED) is 0.905. The molecule has 0 unspecified atom stereocenters. The van der Waals surface area contributed by atoms with Crippen molar-refractivity contribution in [3.8, 4) is 5.75 Å². The Labute approximate surface area is 103 Å². The maximum atomic E-state index is 12.1. The summed E-state index contributed by atoms with van der Waals surface area (Å²) in [6, 6.07) is 4.88. The van der Waals surface area contributed by atoms with Crippen LogP contribution in [0, 0.1) is 0 Å². The highest BCUT2D eigenvalue weighted by molar-refractivity contribution is 6.32. The zero-order valence-electron chi connectivity index (χ0n) is 9.13. The van der Waals surface area contributed by atoms with E-state index in [1.165, 1.54) is 6.07 Å². The van der Waals surface area contributed by atoms with E-state index in [0.29, 0.717) is 0 Å². The van der Waals surface area contributed by atoms with Crippen molar-refractivity contribution in [3.63, 3.8) is 0 Å². The average molecular weight is 263 g/mol. The molecule has 0 atom stereocenters. The zero-order chi connectivity index (χ0) is 12.3. The second kappa shape index (κ2) is 5.51. The molecule has 1 aliphatic heterocycles. The third-order valence-corrected chi connectivity index (χ3v) is 2.91. The van der Waals surface area contributed by atoms with Gasteiger partial charge in [-0.1, -0.05) is 11.6 Å². The van der Waals surface area contributed by atoms with Crippen LogP contribution in [-0.4, -0.2) is 32.8 Å². The number of nitrogens with zero attached hydrogens (tertiary/aromatic N) is 1. The number of anilines is 1. The maximum absolute atomic E-state index is 12.1. The molecule has 1 fully saturated rings. The molecule has 1 aliphatic rings. The van der Waals surface area contributed by atoms with Gasteiger partial charge in [0.2, 0.25) is 0 Å². The number of benzene rings is 1. The van der Waals surface area contributed by atoms with Crippen LogP contribution in [0.3, 0.4) is 0 Å². The highest BCUT2D eigenvalue weighted by Gasteiger charge is 2.13. The molecule has 0 amide bonds. The van der Waals surface area contributed by atoms with Crippen LogP contribution in [0.4, 0.5) is 14.5 Å². The van der Waals surface area contributed by atoms with Gasteiger partial charge in [-0.15, -0.1) is 0 Å². The summed E-state index contributed by atoms with van der Waals surface area (Å²) < 4.78 is 28.4. The normalized spacial score (nSPS) is 16.4. The zero-order valence-corrected chi connectivity index (χ0v) is 9.88. The smallest absolute Gasteiger partial charge is 0.387 e. The van der Waals surface area contributed by atoms with Crippen molar-refractivity contribution in [2.45, 2.75) is 6.61 Å². The molecule has 0 spiro atoms. The topological polar surface area (TPSA) is 24.5 Å². The number of halogens is 3. The first-order valence-corrected chi connectivity index (χ1v) is 5.74. The number of ether oxygens (including phenoxy) is 1. The molecule has 6 heteroatoms. The summed E-state index contributed by atoms with van der Waals surface area (Å²) in [4.78, 5) is 2.15. The van der Waals surface area contributed by atoms with Crippen molar-refractivity contribution in [2.24, 2.45) is 0 Å². The van der Waals surface area contributed by atoms with Gasteiger partial charge >= 0.3 is 6.61 Å². The average Bonchev–Trinajstić information content (AvgIpc) is 2.32. The first kappa shape index (κ1) is 12.4. The number of nitrogens with one attached hydrogen (secondary N) is 1. The van der Waals surface area contributed by atoms with Crippen LogP contribution in [0.1, 0.15) is 0 Å². The Morgan fingerprint density at radius 2 is 2.00 bits per heavy atom. The summed E-state index contributed by atoms with van der Waals surface area (Å²) >= 11 is 5.89. The molecule has 0 aromatic heterocycles. The molecule has 2 rings (SSSR count). The lowest BCUT2D eigenvalue weighted by molar-refractivity contribution is -0.0497. The third kappa shape index (κ3) is 3.20. The van der Waals surface area contributed by atoms with Gasteiger partial charge in [0.25, 0.3) is 0 Å². The Bertz CT molecular complexity index is 384. The molecule has 0 radical (unpaired) electrons. The second-order valence-electron chi connectivity index (χ2n) is 3.73. The fourth-order valence-electron chi connectivity index (χ4n) is 1.80. The molecule has 0 saturated carbocycles. The van der Waals surface area contributed by atoms with Crippen LogP contribution in [-0.2, 0) is 0 Å². The van der Waals surface area contributed by atoms with E-state index in [9.17, 15) is 8.78 Å². The molecule has 1 aromatic carbocycles. The van der Waals surface area contributed by atoms with E-state index >= 15 is 0 Å². The number of alkyl halides is 2. The predicted molar refractivity (Wildman–Crippen MR) is 63.2 cm³/mol. The molecule has 17 heavy (non-hydrogen) atoms. The van der Waals surface area contributed by atoms with E-state index in [4.69, 9.17) is 11.6 Å². The van der Waals surface area contributed by atoms with Crippen LogP contribution in [0.25, 0.3) is 0 Å². The Balaban J connectivity index is 2.12. The minimum Gasteiger partial charge on any atom is -0.433 e. The van der Waals surface area contributed by atoms with Gasteiger partial charge in [-0.3, -0.25) is 0 Å². The molecule has 0 bridgehead atoms. The predicted octanol–water partition coefficient (Wildman–Crippen LogP) is 2.35. The van der Waals surface area contributed by atoms with Crippen LogP contribution < -0.4 is 15.0 Å². The number of hydrogen-bond donors (Lipinski definition) is 1. The van der Waals surface area contributed by atoms with Gasteiger partial charge in [0, 0.05) is 31.9 Å². The number of hydrogen-bond acceptors (Lipinski definition) is 3.